The molecule has 1 saturated heterocycles. The lowest BCUT2D eigenvalue weighted by molar-refractivity contribution is -0.274. The van der Waals surface area contributed by atoms with Crippen LogP contribution in [-0.4, -0.2) is 50.0 Å². The van der Waals surface area contributed by atoms with Crippen LogP contribution < -0.4 is 9.46 Å². The predicted molar refractivity (Wildman–Crippen MR) is 144 cm³/mol. The summed E-state index contributed by atoms with van der Waals surface area (Å²) in [6.07, 6.45) is -3.10. The van der Waals surface area contributed by atoms with Gasteiger partial charge in [-0.05, 0) is 80.3 Å². The number of hydrogen-bond donors (Lipinski definition) is 2. The first kappa shape index (κ1) is 29.1. The molecule has 212 valence electrons. The number of aryl methyl sites for hydroxylation is 1. The number of carbonyl (C=O) groups excluding carboxylic acids is 1. The van der Waals surface area contributed by atoms with Crippen molar-refractivity contribution in [2.24, 2.45) is 4.99 Å². The fourth-order valence-electron chi connectivity index (χ4n) is 4.57. The van der Waals surface area contributed by atoms with Crippen LogP contribution in [0.15, 0.2) is 76.6 Å². The van der Waals surface area contributed by atoms with Gasteiger partial charge < -0.3 is 14.7 Å². The van der Waals surface area contributed by atoms with E-state index in [9.17, 15) is 31.5 Å². The van der Waals surface area contributed by atoms with Crippen LogP contribution in [-0.2, 0) is 15.6 Å². The van der Waals surface area contributed by atoms with Gasteiger partial charge in [-0.25, -0.2) is 8.42 Å². The second kappa shape index (κ2) is 11.3. The van der Waals surface area contributed by atoms with Crippen LogP contribution in [0.1, 0.15) is 41.3 Å². The Morgan fingerprint density at radius 1 is 1.07 bits per heavy atom. The van der Waals surface area contributed by atoms with Crippen molar-refractivity contribution in [2.75, 3.05) is 17.8 Å². The zero-order valence-corrected chi connectivity index (χ0v) is 22.6. The Balaban J connectivity index is 1.42. The molecule has 0 spiro atoms. The molecule has 0 bridgehead atoms. The maximum atomic E-state index is 13.1. The molecule has 4 rings (SSSR count). The molecule has 8 nitrogen and oxygen atoms in total. The van der Waals surface area contributed by atoms with Gasteiger partial charge in [0.2, 0.25) is 0 Å². The number of amides is 1. The molecule has 1 aliphatic heterocycles. The molecule has 2 N–H and O–H groups in total. The molecule has 1 aliphatic rings. The van der Waals surface area contributed by atoms with Crippen molar-refractivity contribution < 1.29 is 36.2 Å². The third-order valence-electron chi connectivity index (χ3n) is 6.62. The highest BCUT2D eigenvalue weighted by atomic mass is 32.2. The first-order chi connectivity index (χ1) is 18.8. The number of nitrogens with zero attached hydrogens (tertiary/aromatic N) is 2. The maximum absolute atomic E-state index is 13.1. The number of anilines is 1. The molecule has 0 aliphatic carbocycles. The summed E-state index contributed by atoms with van der Waals surface area (Å²) >= 11 is 0. The number of para-hydroxylation sites is 1. The van der Waals surface area contributed by atoms with Gasteiger partial charge in [0.15, 0.2) is 0 Å². The molecule has 1 amide bonds. The first-order valence-electron chi connectivity index (χ1n) is 12.4. The number of hydrogen-bond acceptors (Lipinski definition) is 6. The van der Waals surface area contributed by atoms with Crippen LogP contribution >= 0.6 is 0 Å². The van der Waals surface area contributed by atoms with E-state index in [1.807, 2.05) is 0 Å². The van der Waals surface area contributed by atoms with E-state index in [0.717, 1.165) is 12.1 Å². The summed E-state index contributed by atoms with van der Waals surface area (Å²) in [5.74, 6) is -0.742. The van der Waals surface area contributed by atoms with Crippen molar-refractivity contribution in [1.82, 2.24) is 4.90 Å². The molecule has 40 heavy (non-hydrogen) atoms. The van der Waals surface area contributed by atoms with Crippen LogP contribution in [0, 0.1) is 6.92 Å². The number of sulfonamides is 1. The molecule has 0 aromatic heterocycles. The quantitative estimate of drug-likeness (QED) is 0.360. The number of likely N-dealkylation sites (tertiary alicyclic amines) is 1. The van der Waals surface area contributed by atoms with Gasteiger partial charge in [-0.15, -0.1) is 13.2 Å². The minimum Gasteiger partial charge on any atom is -0.406 e. The monoisotopic (exact) mass is 575 g/mol. The number of nitrogens with one attached hydrogen (secondary N) is 1. The Hall–Kier alpha value is -3.90. The Kier molecular flexibility index (Phi) is 8.22. The molecule has 1 heterocycles. The van der Waals surface area contributed by atoms with Crippen molar-refractivity contribution in [3.63, 3.8) is 0 Å². The fourth-order valence-corrected chi connectivity index (χ4v) is 5.85. The Bertz CT molecular complexity index is 1510. The molecule has 3 aromatic carbocycles. The summed E-state index contributed by atoms with van der Waals surface area (Å²) in [6.45, 7) is 3.80. The average Bonchev–Trinajstić information content (AvgIpc) is 2.89. The molecular weight excluding hydrogens is 547 g/mol. The van der Waals surface area contributed by atoms with Crippen LogP contribution in [0.3, 0.4) is 0 Å². The SMILES string of the molecule is C/C=N\c1c(C)cccc1S(=O)(=O)Nc1ccc(C(=O)N2CCC(O)(c3cccc(OC(F)(F)F)c3)CC2)cc1. The number of aliphatic imine (C=N–C) groups is 1. The topological polar surface area (TPSA) is 108 Å². The van der Waals surface area contributed by atoms with E-state index in [-0.39, 0.29) is 48.0 Å². The first-order valence-corrected chi connectivity index (χ1v) is 13.9. The number of carbonyl (C=O) groups is 1. The van der Waals surface area contributed by atoms with Crippen molar-refractivity contribution >= 4 is 33.5 Å². The van der Waals surface area contributed by atoms with Crippen molar-refractivity contribution in [3.8, 4) is 5.75 Å². The van der Waals surface area contributed by atoms with Crippen molar-refractivity contribution in [2.45, 2.75) is 43.5 Å². The molecular formula is C28H28F3N3O5S. The third kappa shape index (κ3) is 6.62. The molecule has 12 heteroatoms. The van der Waals surface area contributed by atoms with E-state index in [0.29, 0.717) is 16.8 Å². The summed E-state index contributed by atoms with van der Waals surface area (Å²) in [7, 11) is -3.95. The highest BCUT2D eigenvalue weighted by Gasteiger charge is 2.37. The average molecular weight is 576 g/mol. The lowest BCUT2D eigenvalue weighted by Crippen LogP contribution is -2.45. The third-order valence-corrected chi connectivity index (χ3v) is 8.03. The normalized spacial score (nSPS) is 15.7. The maximum Gasteiger partial charge on any atom is 0.573 e. The van der Waals surface area contributed by atoms with Gasteiger partial charge in [-0.3, -0.25) is 14.5 Å². The summed E-state index contributed by atoms with van der Waals surface area (Å²) < 4.78 is 70.3. The molecule has 0 atom stereocenters. The number of piperidine rings is 1. The van der Waals surface area contributed by atoms with E-state index < -0.39 is 27.7 Å². The van der Waals surface area contributed by atoms with Crippen LogP contribution in [0.5, 0.6) is 5.75 Å². The van der Waals surface area contributed by atoms with Gasteiger partial charge in [-0.2, -0.15) is 0 Å². The Morgan fingerprint density at radius 2 is 1.73 bits per heavy atom. The van der Waals surface area contributed by atoms with Crippen LogP contribution in [0.25, 0.3) is 0 Å². The van der Waals surface area contributed by atoms with E-state index in [4.69, 9.17) is 0 Å². The van der Waals surface area contributed by atoms with Gasteiger partial charge in [0.25, 0.3) is 15.9 Å². The zero-order chi connectivity index (χ0) is 29.1. The lowest BCUT2D eigenvalue weighted by Gasteiger charge is -2.38. The number of benzene rings is 3. The van der Waals surface area contributed by atoms with E-state index in [1.54, 1.807) is 26.0 Å². The van der Waals surface area contributed by atoms with Gasteiger partial charge in [0, 0.05) is 30.6 Å². The summed E-state index contributed by atoms with van der Waals surface area (Å²) in [5.41, 5.74) is 0.491. The number of ether oxygens (including phenoxy) is 1. The van der Waals surface area contributed by atoms with Gasteiger partial charge >= 0.3 is 6.36 Å². The molecule has 0 saturated carbocycles. The Morgan fingerprint density at radius 3 is 2.35 bits per heavy atom. The van der Waals surface area contributed by atoms with Gasteiger partial charge in [0.05, 0.1) is 11.3 Å². The van der Waals surface area contributed by atoms with E-state index >= 15 is 0 Å². The summed E-state index contributed by atoms with van der Waals surface area (Å²) in [4.78, 5) is 18.8. The number of halogens is 3. The lowest BCUT2D eigenvalue weighted by atomic mass is 9.84. The minimum absolute atomic E-state index is 0.0297. The van der Waals surface area contributed by atoms with Crippen LogP contribution in [0.4, 0.5) is 24.5 Å². The number of rotatable bonds is 7. The highest BCUT2D eigenvalue weighted by Crippen LogP contribution is 2.36. The van der Waals surface area contributed by atoms with E-state index in [2.05, 4.69) is 14.5 Å². The predicted octanol–water partition coefficient (Wildman–Crippen LogP) is 5.54. The second-order valence-electron chi connectivity index (χ2n) is 9.39. The molecule has 0 radical (unpaired) electrons. The van der Waals surface area contributed by atoms with Crippen molar-refractivity contribution in [1.29, 1.82) is 0 Å². The number of aliphatic hydroxyl groups is 1. The molecule has 3 aromatic rings. The largest absolute Gasteiger partial charge is 0.573 e. The number of alkyl halides is 3. The van der Waals surface area contributed by atoms with Gasteiger partial charge in [0.1, 0.15) is 10.6 Å². The molecule has 1 fully saturated rings. The summed E-state index contributed by atoms with van der Waals surface area (Å²) in [5, 5.41) is 11.1. The molecule has 0 unspecified atom stereocenters. The van der Waals surface area contributed by atoms with Crippen molar-refractivity contribution in [3.05, 3.63) is 83.4 Å². The van der Waals surface area contributed by atoms with Gasteiger partial charge in [-0.1, -0.05) is 24.3 Å². The zero-order valence-electron chi connectivity index (χ0n) is 21.8. The standard InChI is InChI=1S/C28H28F3N3O5S/c1-3-32-25-19(2)6-4-9-24(25)40(37,38)33-22-12-10-20(11-13-22)26(35)34-16-14-27(36,15-17-34)21-7-5-8-23(18-21)39-28(29,30)31/h3-13,18,33,36H,14-17H2,1-2H3/b32-3-. The Labute approximate surface area is 230 Å². The fraction of sp³-hybridized carbons (Fsp3) is 0.286. The van der Waals surface area contributed by atoms with Crippen LogP contribution in [0.2, 0.25) is 0 Å². The van der Waals surface area contributed by atoms with E-state index in [1.165, 1.54) is 53.6 Å². The second-order valence-corrected chi connectivity index (χ2v) is 11.0. The summed E-state index contributed by atoms with van der Waals surface area (Å²) in [6, 6.07) is 16.0. The minimum atomic E-state index is -4.85. The smallest absolute Gasteiger partial charge is 0.406 e. The highest BCUT2D eigenvalue weighted by molar-refractivity contribution is 7.92.